The molecule has 2 aromatic rings. The predicted molar refractivity (Wildman–Crippen MR) is 108 cm³/mol. The lowest BCUT2D eigenvalue weighted by molar-refractivity contribution is -0.135. The van der Waals surface area contributed by atoms with Crippen molar-refractivity contribution in [2.24, 2.45) is 0 Å². The smallest absolute Gasteiger partial charge is 0.279 e. The van der Waals surface area contributed by atoms with Gasteiger partial charge in [-0.15, -0.1) is 0 Å². The van der Waals surface area contributed by atoms with Crippen LogP contribution in [0.25, 0.3) is 0 Å². The van der Waals surface area contributed by atoms with Crippen molar-refractivity contribution in [1.29, 1.82) is 0 Å². The van der Waals surface area contributed by atoms with Crippen LogP contribution in [-0.4, -0.2) is 24.0 Å². The van der Waals surface area contributed by atoms with E-state index in [1.807, 2.05) is 64.1 Å². The van der Waals surface area contributed by atoms with Gasteiger partial charge in [-0.25, -0.2) is 0 Å². The number of hydrogen-bond donors (Lipinski definition) is 2. The van der Waals surface area contributed by atoms with E-state index < -0.39 is 24.0 Å². The number of nitrogens with one attached hydrogen (secondary N) is 2. The Morgan fingerprint density at radius 3 is 1.93 bits per heavy atom. The first-order valence-corrected chi connectivity index (χ1v) is 9.25. The van der Waals surface area contributed by atoms with Crippen LogP contribution >= 0.6 is 0 Å². The van der Waals surface area contributed by atoms with Gasteiger partial charge in [-0.05, 0) is 82.0 Å². The van der Waals surface area contributed by atoms with Crippen molar-refractivity contribution in [3.63, 3.8) is 0 Å². The summed E-state index contributed by atoms with van der Waals surface area (Å²) in [7, 11) is 0. The summed E-state index contributed by atoms with van der Waals surface area (Å²) >= 11 is 0. The molecule has 0 spiro atoms. The molecular weight excluding hydrogens is 356 g/mol. The zero-order valence-electron chi connectivity index (χ0n) is 17.3. The minimum Gasteiger partial charge on any atom is -0.481 e. The highest BCUT2D eigenvalue weighted by Crippen LogP contribution is 2.20. The van der Waals surface area contributed by atoms with Crippen molar-refractivity contribution < 1.29 is 19.1 Å². The van der Waals surface area contributed by atoms with E-state index in [0.717, 1.165) is 22.3 Å². The number of aryl methyl sites for hydroxylation is 4. The molecular formula is C22H28N2O4. The topological polar surface area (TPSA) is 76.7 Å². The van der Waals surface area contributed by atoms with Gasteiger partial charge in [0.05, 0.1) is 0 Å². The fraction of sp³-hybridized carbons (Fsp3) is 0.364. The molecule has 0 aliphatic rings. The summed E-state index contributed by atoms with van der Waals surface area (Å²) in [5.41, 5.74) is 8.96. The van der Waals surface area contributed by atoms with Crippen LogP contribution in [0.1, 0.15) is 36.1 Å². The average Bonchev–Trinajstić information content (AvgIpc) is 2.65. The molecule has 0 aromatic heterocycles. The van der Waals surface area contributed by atoms with Crippen molar-refractivity contribution in [3.8, 4) is 11.5 Å². The SMILES string of the molecule is Cc1ccc(C)c(OC(C)C(=O)NNC(=O)C(C)Oc2ccc(C)c(C)c2)c1. The Bertz CT molecular complexity index is 864. The van der Waals surface area contributed by atoms with Gasteiger partial charge in [0.1, 0.15) is 11.5 Å². The summed E-state index contributed by atoms with van der Waals surface area (Å²) in [5.74, 6) is 0.335. The maximum absolute atomic E-state index is 12.2. The van der Waals surface area contributed by atoms with E-state index in [4.69, 9.17) is 9.47 Å². The van der Waals surface area contributed by atoms with Crippen molar-refractivity contribution in [1.82, 2.24) is 10.9 Å². The molecule has 0 saturated heterocycles. The molecule has 2 aromatic carbocycles. The number of rotatable bonds is 6. The zero-order chi connectivity index (χ0) is 20.8. The second-order valence-electron chi connectivity index (χ2n) is 7.01. The molecule has 2 rings (SSSR count). The van der Waals surface area contributed by atoms with Crippen LogP contribution in [0, 0.1) is 27.7 Å². The molecule has 0 fully saturated rings. The van der Waals surface area contributed by atoms with Crippen LogP contribution in [0.3, 0.4) is 0 Å². The maximum Gasteiger partial charge on any atom is 0.279 e. The molecule has 2 atom stereocenters. The number of carbonyl (C=O) groups is 2. The van der Waals surface area contributed by atoms with E-state index in [1.54, 1.807) is 13.8 Å². The third-order valence-corrected chi connectivity index (χ3v) is 4.49. The monoisotopic (exact) mass is 384 g/mol. The molecule has 2 unspecified atom stereocenters. The van der Waals surface area contributed by atoms with E-state index in [2.05, 4.69) is 10.9 Å². The van der Waals surface area contributed by atoms with E-state index in [1.165, 1.54) is 0 Å². The standard InChI is InChI=1S/C22H28N2O4/c1-13-7-8-15(3)20(11-13)28-18(6)22(26)24-23-21(25)17(5)27-19-10-9-14(2)16(4)12-19/h7-12,17-18H,1-6H3,(H,23,25)(H,24,26). The number of benzene rings is 2. The lowest BCUT2D eigenvalue weighted by Gasteiger charge is -2.19. The Balaban J connectivity index is 1.85. The zero-order valence-corrected chi connectivity index (χ0v) is 17.3. The number of hydrazine groups is 1. The van der Waals surface area contributed by atoms with Crippen molar-refractivity contribution >= 4 is 11.8 Å². The molecule has 0 radical (unpaired) electrons. The molecule has 2 N–H and O–H groups in total. The highest BCUT2D eigenvalue weighted by Gasteiger charge is 2.19. The number of amides is 2. The van der Waals surface area contributed by atoms with Crippen LogP contribution in [0.5, 0.6) is 11.5 Å². The minimum atomic E-state index is -0.767. The van der Waals surface area contributed by atoms with Gasteiger partial charge in [-0.1, -0.05) is 18.2 Å². The van der Waals surface area contributed by atoms with Crippen molar-refractivity contribution in [3.05, 3.63) is 58.7 Å². The van der Waals surface area contributed by atoms with Crippen LogP contribution in [0.4, 0.5) is 0 Å². The molecule has 0 bridgehead atoms. The van der Waals surface area contributed by atoms with Gasteiger partial charge in [0, 0.05) is 0 Å². The summed E-state index contributed by atoms with van der Waals surface area (Å²) in [6, 6.07) is 11.4. The van der Waals surface area contributed by atoms with E-state index in [9.17, 15) is 9.59 Å². The minimum absolute atomic E-state index is 0.451. The predicted octanol–water partition coefficient (Wildman–Crippen LogP) is 3.30. The summed E-state index contributed by atoms with van der Waals surface area (Å²) in [5, 5.41) is 0. The summed E-state index contributed by atoms with van der Waals surface area (Å²) < 4.78 is 11.3. The van der Waals surface area contributed by atoms with Gasteiger partial charge in [-0.3, -0.25) is 20.4 Å². The molecule has 2 amide bonds. The van der Waals surface area contributed by atoms with Gasteiger partial charge in [-0.2, -0.15) is 0 Å². The highest BCUT2D eigenvalue weighted by atomic mass is 16.5. The largest absolute Gasteiger partial charge is 0.481 e. The van der Waals surface area contributed by atoms with Crippen LogP contribution < -0.4 is 20.3 Å². The summed E-state index contributed by atoms with van der Waals surface area (Å²) in [6.45, 7) is 11.1. The van der Waals surface area contributed by atoms with E-state index >= 15 is 0 Å². The maximum atomic E-state index is 12.2. The molecule has 28 heavy (non-hydrogen) atoms. The lowest BCUT2D eigenvalue weighted by Crippen LogP contribution is -2.50. The number of carbonyl (C=O) groups excluding carboxylic acids is 2. The van der Waals surface area contributed by atoms with Crippen molar-refractivity contribution in [2.45, 2.75) is 53.8 Å². The molecule has 0 saturated carbocycles. The summed E-state index contributed by atoms with van der Waals surface area (Å²) in [6.07, 6.45) is -1.53. The fourth-order valence-corrected chi connectivity index (χ4v) is 2.45. The molecule has 0 heterocycles. The molecule has 150 valence electrons. The Labute approximate surface area is 166 Å². The Hall–Kier alpha value is -3.02. The van der Waals surface area contributed by atoms with Gasteiger partial charge < -0.3 is 9.47 Å². The number of hydrogen-bond acceptors (Lipinski definition) is 4. The van der Waals surface area contributed by atoms with Gasteiger partial charge in [0.15, 0.2) is 12.2 Å². The average molecular weight is 384 g/mol. The third kappa shape index (κ3) is 5.74. The van der Waals surface area contributed by atoms with Crippen LogP contribution in [-0.2, 0) is 9.59 Å². The first-order chi connectivity index (χ1) is 13.2. The fourth-order valence-electron chi connectivity index (χ4n) is 2.45. The Morgan fingerprint density at radius 1 is 0.750 bits per heavy atom. The van der Waals surface area contributed by atoms with E-state index in [0.29, 0.717) is 11.5 Å². The second-order valence-corrected chi connectivity index (χ2v) is 7.01. The highest BCUT2D eigenvalue weighted by molar-refractivity contribution is 5.86. The van der Waals surface area contributed by atoms with Crippen molar-refractivity contribution in [2.75, 3.05) is 0 Å². The molecule has 0 aliphatic heterocycles. The van der Waals surface area contributed by atoms with Crippen LogP contribution in [0.2, 0.25) is 0 Å². The lowest BCUT2D eigenvalue weighted by atomic mass is 10.1. The second kappa shape index (κ2) is 9.26. The van der Waals surface area contributed by atoms with E-state index in [-0.39, 0.29) is 0 Å². The molecule has 6 nitrogen and oxygen atoms in total. The Morgan fingerprint density at radius 2 is 1.32 bits per heavy atom. The first kappa shape index (κ1) is 21.3. The quantitative estimate of drug-likeness (QED) is 0.749. The third-order valence-electron chi connectivity index (χ3n) is 4.49. The van der Waals surface area contributed by atoms with Gasteiger partial charge >= 0.3 is 0 Å². The summed E-state index contributed by atoms with van der Waals surface area (Å²) in [4.78, 5) is 24.4. The molecule has 6 heteroatoms. The van der Waals surface area contributed by atoms with Crippen LogP contribution in [0.15, 0.2) is 36.4 Å². The molecule has 0 aliphatic carbocycles. The normalized spacial score (nSPS) is 12.6. The number of ether oxygens (including phenoxy) is 2. The van der Waals surface area contributed by atoms with Gasteiger partial charge in [0.2, 0.25) is 0 Å². The Kier molecular flexibility index (Phi) is 7.04. The first-order valence-electron chi connectivity index (χ1n) is 9.25. The van der Waals surface area contributed by atoms with Gasteiger partial charge in [0.25, 0.3) is 11.8 Å².